The second-order valence-electron chi connectivity index (χ2n) is 3.63. The lowest BCUT2D eigenvalue weighted by Crippen LogP contribution is -2.07. The van der Waals surface area contributed by atoms with Crippen molar-refractivity contribution < 1.29 is 14.3 Å². The first-order chi connectivity index (χ1) is 9.20. The summed E-state index contributed by atoms with van der Waals surface area (Å²) < 4.78 is 10.5. The van der Waals surface area contributed by atoms with Crippen LogP contribution in [-0.4, -0.2) is 17.6 Å². The molecular weight excluding hydrogens is 266 g/mol. The van der Waals surface area contributed by atoms with Gasteiger partial charge in [0.2, 0.25) is 5.88 Å². The predicted octanol–water partition coefficient (Wildman–Crippen LogP) is 3.70. The molecule has 19 heavy (non-hydrogen) atoms. The number of benzene rings is 1. The monoisotopic (exact) mass is 277 g/mol. The zero-order valence-electron chi connectivity index (χ0n) is 10.3. The molecule has 1 aromatic carbocycles. The number of hydrogen-bond acceptors (Lipinski definition) is 4. The Morgan fingerprint density at radius 1 is 1.26 bits per heavy atom. The molecule has 1 heterocycles. The van der Waals surface area contributed by atoms with E-state index in [0.29, 0.717) is 22.9 Å². The van der Waals surface area contributed by atoms with Gasteiger partial charge in [0.1, 0.15) is 11.3 Å². The highest BCUT2D eigenvalue weighted by Crippen LogP contribution is 2.24. The molecule has 0 N–H and O–H groups in total. The lowest BCUT2D eigenvalue weighted by atomic mass is 10.2. The molecule has 0 aliphatic rings. The highest BCUT2D eigenvalue weighted by Gasteiger charge is 2.15. The Hall–Kier alpha value is -2.07. The summed E-state index contributed by atoms with van der Waals surface area (Å²) in [5.74, 6) is 0.302. The van der Waals surface area contributed by atoms with Gasteiger partial charge in [0.15, 0.2) is 0 Å². The molecule has 0 fully saturated rings. The van der Waals surface area contributed by atoms with E-state index in [1.54, 1.807) is 49.5 Å². The van der Waals surface area contributed by atoms with Crippen LogP contribution in [0.1, 0.15) is 17.3 Å². The van der Waals surface area contributed by atoms with Crippen LogP contribution in [0, 0.1) is 0 Å². The summed E-state index contributed by atoms with van der Waals surface area (Å²) in [5.41, 5.74) is 0.291. The minimum atomic E-state index is -0.459. The molecule has 4 nitrogen and oxygen atoms in total. The summed E-state index contributed by atoms with van der Waals surface area (Å²) >= 11 is 5.79. The number of esters is 1. The topological polar surface area (TPSA) is 48.4 Å². The van der Waals surface area contributed by atoms with E-state index < -0.39 is 5.97 Å². The maximum atomic E-state index is 11.7. The molecule has 2 aromatic rings. The Morgan fingerprint density at radius 2 is 2.00 bits per heavy atom. The van der Waals surface area contributed by atoms with Crippen LogP contribution in [0.4, 0.5) is 0 Å². The van der Waals surface area contributed by atoms with Crippen LogP contribution in [0.5, 0.6) is 11.6 Å². The van der Waals surface area contributed by atoms with Crippen molar-refractivity contribution in [3.63, 3.8) is 0 Å². The van der Waals surface area contributed by atoms with Crippen LogP contribution in [0.3, 0.4) is 0 Å². The molecule has 0 radical (unpaired) electrons. The Morgan fingerprint density at radius 3 is 2.68 bits per heavy atom. The summed E-state index contributed by atoms with van der Waals surface area (Å²) in [6, 6.07) is 10.1. The highest BCUT2D eigenvalue weighted by atomic mass is 35.5. The third-order valence-electron chi connectivity index (χ3n) is 2.29. The molecule has 0 saturated heterocycles. The van der Waals surface area contributed by atoms with Gasteiger partial charge >= 0.3 is 5.97 Å². The molecule has 0 amide bonds. The van der Waals surface area contributed by atoms with Crippen molar-refractivity contribution in [2.45, 2.75) is 6.92 Å². The molecule has 0 spiro atoms. The van der Waals surface area contributed by atoms with Gasteiger partial charge in [-0.05, 0) is 43.3 Å². The summed E-state index contributed by atoms with van der Waals surface area (Å²) in [7, 11) is 0. The third kappa shape index (κ3) is 3.45. The lowest BCUT2D eigenvalue weighted by molar-refractivity contribution is 0.0522. The van der Waals surface area contributed by atoms with Crippen LogP contribution in [0.2, 0.25) is 5.02 Å². The molecule has 2 rings (SSSR count). The molecule has 98 valence electrons. The third-order valence-corrected chi connectivity index (χ3v) is 2.55. The van der Waals surface area contributed by atoms with E-state index >= 15 is 0 Å². The maximum absolute atomic E-state index is 11.7. The zero-order valence-corrected chi connectivity index (χ0v) is 11.1. The van der Waals surface area contributed by atoms with Crippen LogP contribution in [0.25, 0.3) is 0 Å². The number of hydrogen-bond donors (Lipinski definition) is 0. The first kappa shape index (κ1) is 13.4. The molecule has 1 aromatic heterocycles. The molecule has 0 bridgehead atoms. The van der Waals surface area contributed by atoms with Crippen LogP contribution in [0.15, 0.2) is 42.6 Å². The first-order valence-corrected chi connectivity index (χ1v) is 6.14. The van der Waals surface area contributed by atoms with Gasteiger partial charge in [-0.3, -0.25) is 0 Å². The number of rotatable bonds is 4. The minimum absolute atomic E-state index is 0.211. The van der Waals surface area contributed by atoms with Gasteiger partial charge in [0.05, 0.1) is 6.61 Å². The number of nitrogens with zero attached hydrogens (tertiary/aromatic N) is 1. The normalized spacial score (nSPS) is 10.0. The number of aromatic nitrogens is 1. The number of halogens is 1. The Balaban J connectivity index is 2.24. The van der Waals surface area contributed by atoms with E-state index in [4.69, 9.17) is 21.1 Å². The van der Waals surface area contributed by atoms with E-state index in [9.17, 15) is 4.79 Å². The van der Waals surface area contributed by atoms with Gasteiger partial charge in [-0.1, -0.05) is 11.6 Å². The average Bonchev–Trinajstić information content (AvgIpc) is 2.42. The van der Waals surface area contributed by atoms with E-state index in [2.05, 4.69) is 4.98 Å². The summed E-state index contributed by atoms with van der Waals surface area (Å²) in [6.07, 6.45) is 1.55. The fraction of sp³-hybridized carbons (Fsp3) is 0.143. The molecule has 0 aliphatic heterocycles. The predicted molar refractivity (Wildman–Crippen MR) is 71.7 cm³/mol. The first-order valence-electron chi connectivity index (χ1n) is 5.76. The minimum Gasteiger partial charge on any atom is -0.462 e. The summed E-state index contributed by atoms with van der Waals surface area (Å²) in [6.45, 7) is 2.04. The molecule has 0 atom stereocenters. The molecule has 5 heteroatoms. The Bertz CT molecular complexity index is 569. The van der Waals surface area contributed by atoms with Gasteiger partial charge in [0.25, 0.3) is 0 Å². The van der Waals surface area contributed by atoms with Crippen molar-refractivity contribution in [3.05, 3.63) is 53.2 Å². The van der Waals surface area contributed by atoms with Crippen molar-refractivity contribution in [1.82, 2.24) is 4.98 Å². The van der Waals surface area contributed by atoms with Crippen LogP contribution < -0.4 is 4.74 Å². The van der Waals surface area contributed by atoms with Crippen LogP contribution in [-0.2, 0) is 4.74 Å². The SMILES string of the molecule is CCOC(=O)c1cccnc1Oc1ccc(Cl)cc1. The Labute approximate surface area is 115 Å². The fourth-order valence-electron chi connectivity index (χ4n) is 1.45. The maximum Gasteiger partial charge on any atom is 0.343 e. The molecular formula is C14H12ClNO3. The smallest absolute Gasteiger partial charge is 0.343 e. The molecule has 0 aliphatic carbocycles. The highest BCUT2D eigenvalue weighted by molar-refractivity contribution is 6.30. The van der Waals surface area contributed by atoms with E-state index in [1.165, 1.54) is 0 Å². The van der Waals surface area contributed by atoms with Gasteiger partial charge in [0, 0.05) is 11.2 Å². The molecule has 0 unspecified atom stereocenters. The van der Waals surface area contributed by atoms with E-state index in [1.807, 2.05) is 0 Å². The Kier molecular flexibility index (Phi) is 4.36. The van der Waals surface area contributed by atoms with Crippen molar-refractivity contribution in [2.24, 2.45) is 0 Å². The van der Waals surface area contributed by atoms with E-state index in [0.717, 1.165) is 0 Å². The van der Waals surface area contributed by atoms with Crippen molar-refractivity contribution in [1.29, 1.82) is 0 Å². The zero-order chi connectivity index (χ0) is 13.7. The van der Waals surface area contributed by atoms with Gasteiger partial charge in [-0.15, -0.1) is 0 Å². The number of carbonyl (C=O) groups is 1. The average molecular weight is 278 g/mol. The summed E-state index contributed by atoms with van der Waals surface area (Å²) in [5, 5.41) is 0.610. The quantitative estimate of drug-likeness (QED) is 0.800. The van der Waals surface area contributed by atoms with Crippen molar-refractivity contribution in [2.75, 3.05) is 6.61 Å². The number of ether oxygens (including phenoxy) is 2. The molecule has 0 saturated carbocycles. The van der Waals surface area contributed by atoms with Crippen LogP contribution >= 0.6 is 11.6 Å². The van der Waals surface area contributed by atoms with Crippen molar-refractivity contribution >= 4 is 17.6 Å². The van der Waals surface area contributed by atoms with Gasteiger partial charge in [-0.2, -0.15) is 0 Å². The second kappa shape index (κ2) is 6.20. The van der Waals surface area contributed by atoms with Gasteiger partial charge in [-0.25, -0.2) is 9.78 Å². The number of pyridine rings is 1. The largest absolute Gasteiger partial charge is 0.462 e. The summed E-state index contributed by atoms with van der Waals surface area (Å²) in [4.78, 5) is 15.8. The van der Waals surface area contributed by atoms with Gasteiger partial charge < -0.3 is 9.47 Å². The van der Waals surface area contributed by atoms with E-state index in [-0.39, 0.29) is 5.88 Å². The number of carbonyl (C=O) groups excluding carboxylic acids is 1. The van der Waals surface area contributed by atoms with Crippen molar-refractivity contribution in [3.8, 4) is 11.6 Å². The standard InChI is InChI=1S/C14H12ClNO3/c1-2-18-14(17)12-4-3-9-16-13(12)19-11-7-5-10(15)6-8-11/h3-9H,2H2,1H3. The fourth-order valence-corrected chi connectivity index (χ4v) is 1.58. The lowest BCUT2D eigenvalue weighted by Gasteiger charge is -2.09. The second-order valence-corrected chi connectivity index (χ2v) is 4.07.